The number of likely N-dealkylation sites (tertiary alicyclic amines) is 1. The van der Waals surface area contributed by atoms with Crippen LogP contribution in [0.25, 0.3) is 5.69 Å². The van der Waals surface area contributed by atoms with E-state index in [4.69, 9.17) is 9.84 Å². The number of hydrogen-bond donors (Lipinski definition) is 1. The molecule has 0 saturated carbocycles. The molecule has 0 aliphatic carbocycles. The second-order valence-corrected chi connectivity index (χ2v) is 7.62. The summed E-state index contributed by atoms with van der Waals surface area (Å²) in [5.41, 5.74) is 3.71. The average Bonchev–Trinajstić information content (AvgIpc) is 2.88. The molecule has 1 fully saturated rings. The summed E-state index contributed by atoms with van der Waals surface area (Å²) in [7, 11) is 0. The van der Waals surface area contributed by atoms with E-state index in [0.29, 0.717) is 6.61 Å². The van der Waals surface area contributed by atoms with Crippen LogP contribution in [0.2, 0.25) is 0 Å². The minimum atomic E-state index is 0.662. The molecule has 0 atom stereocenters. The van der Waals surface area contributed by atoms with Gasteiger partial charge >= 0.3 is 0 Å². The standard InChI is InChI=1S/C22H32N4O/c1-2-27-21-12-5-4-11-20(21)26-22-18(10-6-7-14-23-22)19(24-26)13-17-25-15-8-3-9-16-25/h4-5,11-12,23H,2-3,6-10,13-17H2,1H3. The summed E-state index contributed by atoms with van der Waals surface area (Å²) < 4.78 is 7.98. The third kappa shape index (κ3) is 4.13. The fourth-order valence-corrected chi connectivity index (χ4v) is 4.31. The van der Waals surface area contributed by atoms with Crippen LogP contribution in [0.15, 0.2) is 24.3 Å². The third-order valence-corrected chi connectivity index (χ3v) is 5.72. The van der Waals surface area contributed by atoms with Gasteiger partial charge in [-0.05, 0) is 64.3 Å². The van der Waals surface area contributed by atoms with Gasteiger partial charge in [0.1, 0.15) is 17.3 Å². The van der Waals surface area contributed by atoms with Crippen molar-refractivity contribution in [3.63, 3.8) is 0 Å². The van der Waals surface area contributed by atoms with Gasteiger partial charge < -0.3 is 15.0 Å². The van der Waals surface area contributed by atoms with Gasteiger partial charge in [-0.15, -0.1) is 0 Å². The first-order chi connectivity index (χ1) is 13.4. The maximum Gasteiger partial charge on any atom is 0.145 e. The average molecular weight is 369 g/mol. The number of anilines is 1. The molecule has 1 saturated heterocycles. The Morgan fingerprint density at radius 3 is 2.78 bits per heavy atom. The van der Waals surface area contributed by atoms with Crippen molar-refractivity contribution in [1.82, 2.24) is 14.7 Å². The van der Waals surface area contributed by atoms with E-state index in [0.717, 1.165) is 37.4 Å². The van der Waals surface area contributed by atoms with Gasteiger partial charge in [0.15, 0.2) is 0 Å². The predicted octanol–water partition coefficient (Wildman–Crippen LogP) is 4.05. The lowest BCUT2D eigenvalue weighted by Gasteiger charge is -2.26. The van der Waals surface area contributed by atoms with Crippen LogP contribution in [0.5, 0.6) is 5.75 Å². The summed E-state index contributed by atoms with van der Waals surface area (Å²) in [4.78, 5) is 2.60. The molecule has 0 spiro atoms. The highest BCUT2D eigenvalue weighted by molar-refractivity contribution is 5.58. The van der Waals surface area contributed by atoms with E-state index in [1.807, 2.05) is 19.1 Å². The molecule has 0 amide bonds. The first kappa shape index (κ1) is 18.4. The zero-order valence-corrected chi connectivity index (χ0v) is 16.5. The van der Waals surface area contributed by atoms with E-state index in [9.17, 15) is 0 Å². The van der Waals surface area contributed by atoms with Gasteiger partial charge in [0.05, 0.1) is 12.3 Å². The fourth-order valence-electron chi connectivity index (χ4n) is 4.31. The van der Waals surface area contributed by atoms with Gasteiger partial charge in [0.2, 0.25) is 0 Å². The molecular weight excluding hydrogens is 336 g/mol. The van der Waals surface area contributed by atoms with Crippen molar-refractivity contribution in [2.24, 2.45) is 0 Å². The molecule has 27 heavy (non-hydrogen) atoms. The number of ether oxygens (including phenoxy) is 1. The lowest BCUT2D eigenvalue weighted by Crippen LogP contribution is -2.31. The van der Waals surface area contributed by atoms with E-state index in [2.05, 4.69) is 27.0 Å². The Hall–Kier alpha value is -2.01. The molecule has 146 valence electrons. The van der Waals surface area contributed by atoms with Gasteiger partial charge in [-0.25, -0.2) is 4.68 Å². The van der Waals surface area contributed by atoms with Gasteiger partial charge in [-0.3, -0.25) is 0 Å². The molecule has 1 aromatic carbocycles. The molecule has 2 aliphatic heterocycles. The number of para-hydroxylation sites is 2. The summed E-state index contributed by atoms with van der Waals surface area (Å²) in [5.74, 6) is 2.08. The van der Waals surface area contributed by atoms with Crippen LogP contribution in [-0.2, 0) is 12.8 Å². The molecule has 0 unspecified atom stereocenters. The van der Waals surface area contributed by atoms with Crippen molar-refractivity contribution in [2.75, 3.05) is 38.1 Å². The second-order valence-electron chi connectivity index (χ2n) is 7.62. The van der Waals surface area contributed by atoms with Gasteiger partial charge in [-0.1, -0.05) is 18.6 Å². The van der Waals surface area contributed by atoms with Crippen LogP contribution >= 0.6 is 0 Å². The minimum Gasteiger partial charge on any atom is -0.492 e. The highest BCUT2D eigenvalue weighted by atomic mass is 16.5. The van der Waals surface area contributed by atoms with Crippen LogP contribution in [0.3, 0.4) is 0 Å². The van der Waals surface area contributed by atoms with Crippen molar-refractivity contribution in [3.8, 4) is 11.4 Å². The molecule has 1 aromatic heterocycles. The fraction of sp³-hybridized carbons (Fsp3) is 0.591. The van der Waals surface area contributed by atoms with Gasteiger partial charge in [-0.2, -0.15) is 5.10 Å². The lowest BCUT2D eigenvalue weighted by atomic mass is 10.1. The van der Waals surface area contributed by atoms with E-state index in [1.165, 1.54) is 62.3 Å². The van der Waals surface area contributed by atoms with Gasteiger partial charge in [0, 0.05) is 25.1 Å². The second kappa shape index (κ2) is 8.79. The Bertz CT molecular complexity index is 749. The molecule has 2 aromatic rings. The summed E-state index contributed by atoms with van der Waals surface area (Å²) >= 11 is 0. The first-order valence-electron chi connectivity index (χ1n) is 10.7. The normalized spacial score (nSPS) is 17.8. The molecule has 5 nitrogen and oxygen atoms in total. The third-order valence-electron chi connectivity index (χ3n) is 5.72. The smallest absolute Gasteiger partial charge is 0.145 e. The Morgan fingerprint density at radius 2 is 1.93 bits per heavy atom. The molecule has 0 radical (unpaired) electrons. The Labute approximate surface area is 162 Å². The van der Waals surface area contributed by atoms with E-state index < -0.39 is 0 Å². The Kier molecular flexibility index (Phi) is 5.97. The first-order valence-corrected chi connectivity index (χ1v) is 10.7. The van der Waals surface area contributed by atoms with E-state index in [-0.39, 0.29) is 0 Å². The summed E-state index contributed by atoms with van der Waals surface area (Å²) in [5, 5.41) is 8.73. The molecule has 2 aliphatic rings. The Balaban J connectivity index is 1.64. The number of benzene rings is 1. The molecule has 4 rings (SSSR count). The minimum absolute atomic E-state index is 0.662. The zero-order valence-electron chi connectivity index (χ0n) is 16.5. The number of nitrogens with zero attached hydrogens (tertiary/aromatic N) is 3. The molecule has 3 heterocycles. The van der Waals surface area contributed by atoms with Crippen LogP contribution in [0.4, 0.5) is 5.82 Å². The molecule has 0 bridgehead atoms. The SMILES string of the molecule is CCOc1ccccc1-n1nc(CCN2CCCCC2)c2c1NCCCC2. The summed E-state index contributed by atoms with van der Waals surface area (Å²) in [6.07, 6.45) is 8.68. The molecule has 1 N–H and O–H groups in total. The largest absolute Gasteiger partial charge is 0.492 e. The van der Waals surface area contributed by atoms with Crippen molar-refractivity contribution in [2.45, 2.75) is 51.9 Å². The topological polar surface area (TPSA) is 42.3 Å². The van der Waals surface area contributed by atoms with Gasteiger partial charge in [0.25, 0.3) is 0 Å². The van der Waals surface area contributed by atoms with Crippen molar-refractivity contribution >= 4 is 5.82 Å². The molecular formula is C22H32N4O. The van der Waals surface area contributed by atoms with Crippen molar-refractivity contribution in [1.29, 1.82) is 0 Å². The van der Waals surface area contributed by atoms with Crippen LogP contribution < -0.4 is 10.1 Å². The number of rotatable bonds is 6. The highest BCUT2D eigenvalue weighted by Crippen LogP contribution is 2.32. The number of hydrogen-bond acceptors (Lipinski definition) is 4. The van der Waals surface area contributed by atoms with Crippen LogP contribution in [-0.4, -0.2) is 47.5 Å². The lowest BCUT2D eigenvalue weighted by molar-refractivity contribution is 0.230. The Morgan fingerprint density at radius 1 is 1.07 bits per heavy atom. The van der Waals surface area contributed by atoms with E-state index >= 15 is 0 Å². The van der Waals surface area contributed by atoms with E-state index in [1.54, 1.807) is 0 Å². The zero-order chi connectivity index (χ0) is 18.5. The highest BCUT2D eigenvalue weighted by Gasteiger charge is 2.22. The van der Waals surface area contributed by atoms with Crippen LogP contribution in [0, 0.1) is 0 Å². The quantitative estimate of drug-likeness (QED) is 0.835. The number of piperidine rings is 1. The number of nitrogens with one attached hydrogen (secondary N) is 1. The number of aromatic nitrogens is 2. The van der Waals surface area contributed by atoms with Crippen LogP contribution in [0.1, 0.15) is 50.3 Å². The summed E-state index contributed by atoms with van der Waals surface area (Å²) in [6, 6.07) is 8.24. The maximum atomic E-state index is 5.88. The monoisotopic (exact) mass is 368 g/mol. The number of fused-ring (bicyclic) bond motifs is 1. The maximum absolute atomic E-state index is 5.88. The molecule has 5 heteroatoms. The van der Waals surface area contributed by atoms with Crippen molar-refractivity contribution in [3.05, 3.63) is 35.5 Å². The predicted molar refractivity (Wildman–Crippen MR) is 110 cm³/mol. The van der Waals surface area contributed by atoms with Crippen molar-refractivity contribution < 1.29 is 4.74 Å². The summed E-state index contributed by atoms with van der Waals surface area (Å²) in [6.45, 7) is 7.32.